The van der Waals surface area contributed by atoms with Gasteiger partial charge >= 0.3 is 0 Å². The molecule has 20 heavy (non-hydrogen) atoms. The van der Waals surface area contributed by atoms with E-state index in [0.717, 1.165) is 25.1 Å². The molecule has 3 rings (SSSR count). The summed E-state index contributed by atoms with van der Waals surface area (Å²) in [4.78, 5) is 4.43. The van der Waals surface area contributed by atoms with E-state index in [1.54, 1.807) is 14.2 Å². The molecular formula is C14H17N3O3. The quantitative estimate of drug-likeness (QED) is 0.892. The van der Waals surface area contributed by atoms with Crippen molar-refractivity contribution in [3.05, 3.63) is 24.1 Å². The zero-order valence-corrected chi connectivity index (χ0v) is 11.5. The fourth-order valence-electron chi connectivity index (χ4n) is 2.17. The molecule has 0 spiro atoms. The zero-order chi connectivity index (χ0) is 13.9. The first-order chi connectivity index (χ1) is 9.80. The molecule has 1 saturated heterocycles. The lowest BCUT2D eigenvalue weighted by Gasteiger charge is -2.25. The summed E-state index contributed by atoms with van der Waals surface area (Å²) in [6.07, 6.45) is 0.827. The molecule has 1 fully saturated rings. The number of aromatic nitrogens is 2. The van der Waals surface area contributed by atoms with E-state index < -0.39 is 0 Å². The molecule has 0 aliphatic carbocycles. The molecule has 2 heterocycles. The second kappa shape index (κ2) is 5.50. The molecule has 1 aromatic carbocycles. The molecule has 106 valence electrons. The average Bonchev–Trinajstić information content (AvgIpc) is 2.91. The first-order valence-corrected chi connectivity index (χ1v) is 6.56. The van der Waals surface area contributed by atoms with Crippen molar-refractivity contribution in [1.29, 1.82) is 0 Å². The van der Waals surface area contributed by atoms with Crippen molar-refractivity contribution in [1.82, 2.24) is 15.5 Å². The molecule has 1 aliphatic rings. The number of nitrogens with zero attached hydrogens (tertiary/aromatic N) is 2. The van der Waals surface area contributed by atoms with E-state index in [1.807, 2.05) is 18.2 Å². The minimum absolute atomic E-state index is 0.577. The Balaban J connectivity index is 1.81. The summed E-state index contributed by atoms with van der Waals surface area (Å²) in [5.41, 5.74) is 0.851. The zero-order valence-electron chi connectivity index (χ0n) is 11.5. The van der Waals surface area contributed by atoms with Crippen molar-refractivity contribution in [3.8, 4) is 22.9 Å². The van der Waals surface area contributed by atoms with Gasteiger partial charge in [0.2, 0.25) is 11.7 Å². The van der Waals surface area contributed by atoms with Crippen molar-refractivity contribution in [2.75, 3.05) is 27.3 Å². The fourth-order valence-corrected chi connectivity index (χ4v) is 2.17. The van der Waals surface area contributed by atoms with Crippen LogP contribution in [0, 0.1) is 5.92 Å². The van der Waals surface area contributed by atoms with Crippen LogP contribution in [-0.4, -0.2) is 37.4 Å². The Bertz CT molecular complexity index is 593. The maximum absolute atomic E-state index is 5.29. The van der Waals surface area contributed by atoms with Gasteiger partial charge in [0, 0.05) is 12.0 Å². The molecule has 2 aromatic rings. The summed E-state index contributed by atoms with van der Waals surface area (Å²) < 4.78 is 15.8. The van der Waals surface area contributed by atoms with Gasteiger partial charge in [-0.3, -0.25) is 0 Å². The lowest BCUT2D eigenvalue weighted by molar-refractivity contribution is 0.296. The number of benzene rings is 1. The highest BCUT2D eigenvalue weighted by Gasteiger charge is 2.21. The molecule has 0 unspecified atom stereocenters. The monoisotopic (exact) mass is 275 g/mol. The normalized spacial score (nSPS) is 14.9. The van der Waals surface area contributed by atoms with Crippen LogP contribution in [0.5, 0.6) is 11.5 Å². The van der Waals surface area contributed by atoms with Gasteiger partial charge in [0.05, 0.1) is 14.2 Å². The summed E-state index contributed by atoms with van der Waals surface area (Å²) >= 11 is 0. The van der Waals surface area contributed by atoms with E-state index >= 15 is 0 Å². The van der Waals surface area contributed by atoms with Crippen molar-refractivity contribution in [2.45, 2.75) is 6.42 Å². The molecule has 1 N–H and O–H groups in total. The van der Waals surface area contributed by atoms with Crippen molar-refractivity contribution >= 4 is 0 Å². The van der Waals surface area contributed by atoms with E-state index in [9.17, 15) is 0 Å². The minimum atomic E-state index is 0.577. The van der Waals surface area contributed by atoms with Crippen LogP contribution in [0.25, 0.3) is 11.4 Å². The molecule has 0 radical (unpaired) electrons. The first kappa shape index (κ1) is 12.9. The maximum atomic E-state index is 5.29. The van der Waals surface area contributed by atoms with E-state index in [4.69, 9.17) is 14.0 Å². The largest absolute Gasteiger partial charge is 0.493 e. The van der Waals surface area contributed by atoms with Gasteiger partial charge in [-0.1, -0.05) is 5.16 Å². The molecule has 0 bridgehead atoms. The van der Waals surface area contributed by atoms with Crippen LogP contribution in [0.2, 0.25) is 0 Å². The van der Waals surface area contributed by atoms with Crippen LogP contribution in [-0.2, 0) is 6.42 Å². The third kappa shape index (κ3) is 2.46. The van der Waals surface area contributed by atoms with Gasteiger partial charge < -0.3 is 19.3 Å². The predicted molar refractivity (Wildman–Crippen MR) is 72.9 cm³/mol. The smallest absolute Gasteiger partial charge is 0.227 e. The van der Waals surface area contributed by atoms with Crippen LogP contribution in [0.1, 0.15) is 5.89 Å². The first-order valence-electron chi connectivity index (χ1n) is 6.56. The third-order valence-electron chi connectivity index (χ3n) is 3.44. The van der Waals surface area contributed by atoms with Crippen LogP contribution < -0.4 is 14.8 Å². The maximum Gasteiger partial charge on any atom is 0.227 e. The number of rotatable bonds is 5. The number of nitrogens with one attached hydrogen (secondary N) is 1. The van der Waals surface area contributed by atoms with Crippen molar-refractivity contribution in [2.24, 2.45) is 5.92 Å². The standard InChI is InChI=1S/C14H17N3O3/c1-18-11-4-3-10(6-12(11)19-2)14-16-13(20-17-14)5-9-7-15-8-9/h3-4,6,9,15H,5,7-8H2,1-2H3. The van der Waals surface area contributed by atoms with Gasteiger partial charge in [-0.2, -0.15) is 4.98 Å². The van der Waals surface area contributed by atoms with Crippen LogP contribution in [0.3, 0.4) is 0 Å². The fraction of sp³-hybridized carbons (Fsp3) is 0.429. The minimum Gasteiger partial charge on any atom is -0.493 e. The van der Waals surface area contributed by atoms with E-state index in [0.29, 0.717) is 29.1 Å². The van der Waals surface area contributed by atoms with Crippen LogP contribution in [0.15, 0.2) is 22.7 Å². The number of methoxy groups -OCH3 is 2. The Hall–Kier alpha value is -2.08. The Morgan fingerprint density at radius 3 is 2.70 bits per heavy atom. The van der Waals surface area contributed by atoms with Crippen LogP contribution in [0.4, 0.5) is 0 Å². The second-order valence-electron chi connectivity index (χ2n) is 4.81. The number of hydrogen-bond donors (Lipinski definition) is 1. The van der Waals surface area contributed by atoms with Gasteiger partial charge in [-0.25, -0.2) is 0 Å². The molecule has 6 heteroatoms. The molecule has 1 aromatic heterocycles. The highest BCUT2D eigenvalue weighted by Crippen LogP contribution is 2.31. The van der Waals surface area contributed by atoms with Gasteiger partial charge in [0.25, 0.3) is 0 Å². The summed E-state index contributed by atoms with van der Waals surface area (Å²) in [5, 5.41) is 7.25. The van der Waals surface area contributed by atoms with Gasteiger partial charge in [-0.05, 0) is 37.2 Å². The van der Waals surface area contributed by atoms with E-state index in [-0.39, 0.29) is 0 Å². The second-order valence-corrected chi connectivity index (χ2v) is 4.81. The van der Waals surface area contributed by atoms with Crippen LogP contribution >= 0.6 is 0 Å². The lowest BCUT2D eigenvalue weighted by Crippen LogP contribution is -2.43. The molecule has 0 saturated carbocycles. The van der Waals surface area contributed by atoms with Gasteiger partial charge in [-0.15, -0.1) is 0 Å². The van der Waals surface area contributed by atoms with Crippen molar-refractivity contribution < 1.29 is 14.0 Å². The number of ether oxygens (including phenoxy) is 2. The topological polar surface area (TPSA) is 69.4 Å². The highest BCUT2D eigenvalue weighted by atomic mass is 16.5. The van der Waals surface area contributed by atoms with Crippen molar-refractivity contribution in [3.63, 3.8) is 0 Å². The summed E-state index contributed by atoms with van der Waals surface area (Å²) in [7, 11) is 3.21. The van der Waals surface area contributed by atoms with E-state index in [1.165, 1.54) is 0 Å². The highest BCUT2D eigenvalue weighted by molar-refractivity contribution is 5.60. The van der Waals surface area contributed by atoms with Gasteiger partial charge in [0.15, 0.2) is 11.5 Å². The Kier molecular flexibility index (Phi) is 3.56. The SMILES string of the molecule is COc1ccc(-c2noc(CC3CNC3)n2)cc1OC. The summed E-state index contributed by atoms with van der Waals surface area (Å²) in [6.45, 7) is 2.04. The molecule has 0 atom stereocenters. The Labute approximate surface area is 117 Å². The Morgan fingerprint density at radius 2 is 2.05 bits per heavy atom. The van der Waals surface area contributed by atoms with Gasteiger partial charge in [0.1, 0.15) is 0 Å². The molecular weight excluding hydrogens is 258 g/mol. The third-order valence-corrected chi connectivity index (χ3v) is 3.44. The molecule has 1 aliphatic heterocycles. The summed E-state index contributed by atoms with van der Waals surface area (Å²) in [5.74, 6) is 3.20. The molecule has 0 amide bonds. The van der Waals surface area contributed by atoms with E-state index in [2.05, 4.69) is 15.5 Å². The summed E-state index contributed by atoms with van der Waals surface area (Å²) in [6, 6.07) is 5.57. The predicted octanol–water partition coefficient (Wildman–Crippen LogP) is 1.52. The number of hydrogen-bond acceptors (Lipinski definition) is 6. The lowest BCUT2D eigenvalue weighted by atomic mass is 10.00. The Morgan fingerprint density at radius 1 is 1.25 bits per heavy atom. The average molecular weight is 275 g/mol. The molecule has 6 nitrogen and oxygen atoms in total.